The van der Waals surface area contributed by atoms with E-state index < -0.39 is 7.26 Å². The van der Waals surface area contributed by atoms with Gasteiger partial charge in [0.15, 0.2) is 0 Å². The van der Waals surface area contributed by atoms with Gasteiger partial charge in [0, 0.05) is 7.26 Å². The van der Waals surface area contributed by atoms with Crippen molar-refractivity contribution < 1.29 is 0 Å². The van der Waals surface area contributed by atoms with Crippen molar-refractivity contribution in [2.45, 2.75) is 20.8 Å². The fourth-order valence-corrected chi connectivity index (χ4v) is 5.20. The van der Waals surface area contributed by atoms with E-state index in [0.29, 0.717) is 0 Å². The molecule has 0 spiro atoms. The van der Waals surface area contributed by atoms with E-state index in [4.69, 9.17) is 0 Å². The molecule has 0 saturated heterocycles. The normalized spacial score (nSPS) is 11.6. The van der Waals surface area contributed by atoms with Gasteiger partial charge in [-0.25, -0.2) is 0 Å². The van der Waals surface area contributed by atoms with E-state index in [-0.39, 0.29) is 0 Å². The van der Waals surface area contributed by atoms with Crippen LogP contribution in [-0.4, -0.2) is 18.5 Å². The molecule has 0 fully saturated rings. The van der Waals surface area contributed by atoms with Gasteiger partial charge in [0.1, 0.15) is 0 Å². The Labute approximate surface area is 82.7 Å². The van der Waals surface area contributed by atoms with Crippen LogP contribution in [0.1, 0.15) is 20.8 Å². The molecule has 0 aliphatic carbocycles. The summed E-state index contributed by atoms with van der Waals surface area (Å²) >= 11 is 0. The minimum Gasteiger partial charge on any atom is -0.0620 e. The van der Waals surface area contributed by atoms with Crippen LogP contribution in [-0.2, 0) is 0 Å². The van der Waals surface area contributed by atoms with Crippen LogP contribution in [0.5, 0.6) is 0 Å². The first kappa shape index (κ1) is 10.7. The van der Waals surface area contributed by atoms with Gasteiger partial charge in [0.25, 0.3) is 0 Å². The molecular weight excluding hydrogens is 175 g/mol. The fraction of sp³-hybridized carbons (Fsp3) is 0.500. The van der Waals surface area contributed by atoms with Gasteiger partial charge in [0.05, 0.1) is 23.8 Å². The molecule has 0 bridgehead atoms. The molecule has 0 heterocycles. The molecule has 1 rings (SSSR count). The van der Waals surface area contributed by atoms with Crippen LogP contribution < -0.4 is 5.30 Å². The molecule has 72 valence electrons. The first-order chi connectivity index (χ1) is 6.29. The molecule has 0 atom stereocenters. The Bertz CT molecular complexity index is 228. The Morgan fingerprint density at radius 1 is 0.846 bits per heavy atom. The third kappa shape index (κ3) is 2.11. The van der Waals surface area contributed by atoms with Crippen LogP contribution in [0.3, 0.4) is 0 Å². The van der Waals surface area contributed by atoms with Crippen LogP contribution in [0.2, 0.25) is 0 Å². The topological polar surface area (TPSA) is 0 Å². The maximum Gasteiger partial charge on any atom is 0.0939 e. The van der Waals surface area contributed by atoms with Crippen molar-refractivity contribution in [2.24, 2.45) is 0 Å². The summed E-state index contributed by atoms with van der Waals surface area (Å²) in [5, 5.41) is 1.61. The molecule has 1 aromatic carbocycles. The van der Waals surface area contributed by atoms with Crippen molar-refractivity contribution in [3.05, 3.63) is 30.3 Å². The molecule has 1 heteroatoms. The van der Waals surface area contributed by atoms with Gasteiger partial charge in [0.2, 0.25) is 0 Å². The lowest BCUT2D eigenvalue weighted by Gasteiger charge is -2.23. The highest BCUT2D eigenvalue weighted by molar-refractivity contribution is 7.82. The number of hydrogen-bond donors (Lipinski definition) is 0. The Hall–Kier alpha value is -0.350. The quantitative estimate of drug-likeness (QED) is 0.646. The van der Waals surface area contributed by atoms with E-state index in [1.807, 2.05) is 0 Å². The van der Waals surface area contributed by atoms with Crippen LogP contribution >= 0.6 is 7.26 Å². The van der Waals surface area contributed by atoms with Crippen LogP contribution in [0.15, 0.2) is 30.3 Å². The smallest absolute Gasteiger partial charge is 0.0620 e. The van der Waals surface area contributed by atoms with Crippen LogP contribution in [0.25, 0.3) is 0 Å². The van der Waals surface area contributed by atoms with E-state index in [0.717, 1.165) is 0 Å². The zero-order valence-electron chi connectivity index (χ0n) is 8.96. The summed E-state index contributed by atoms with van der Waals surface area (Å²) in [6, 6.07) is 11.1. The lowest BCUT2D eigenvalue weighted by Crippen LogP contribution is -2.17. The lowest BCUT2D eigenvalue weighted by atomic mass is 10.4. The fourth-order valence-electron chi connectivity index (χ4n) is 1.96. The summed E-state index contributed by atoms with van der Waals surface area (Å²) in [6.07, 6.45) is 4.05. The third-order valence-electron chi connectivity index (χ3n) is 3.12. The second kappa shape index (κ2) is 4.77. The zero-order chi connectivity index (χ0) is 9.73. The summed E-state index contributed by atoms with van der Waals surface area (Å²) in [5.41, 5.74) is 0. The molecule has 0 aliphatic heterocycles. The highest BCUT2D eigenvalue weighted by Gasteiger charge is 2.33. The van der Waals surface area contributed by atoms with Crippen LogP contribution in [0, 0.1) is 0 Å². The maximum absolute atomic E-state index is 2.34. The van der Waals surface area contributed by atoms with E-state index in [9.17, 15) is 0 Å². The number of benzene rings is 1. The van der Waals surface area contributed by atoms with E-state index in [1.54, 1.807) is 5.30 Å². The summed E-state index contributed by atoms with van der Waals surface area (Å²) in [6.45, 7) is 7.02. The predicted molar refractivity (Wildman–Crippen MR) is 64.6 cm³/mol. The molecule has 0 amide bonds. The second-order valence-corrected chi connectivity index (χ2v) is 8.13. The van der Waals surface area contributed by atoms with Gasteiger partial charge >= 0.3 is 0 Å². The van der Waals surface area contributed by atoms with Crippen molar-refractivity contribution in [3.63, 3.8) is 0 Å². The third-order valence-corrected chi connectivity index (χ3v) is 8.15. The summed E-state index contributed by atoms with van der Waals surface area (Å²) < 4.78 is 0. The Balaban J connectivity index is 3.01. The minimum atomic E-state index is -0.791. The van der Waals surface area contributed by atoms with Gasteiger partial charge in [-0.05, 0) is 32.9 Å². The number of hydrogen-bond acceptors (Lipinski definition) is 0. The highest BCUT2D eigenvalue weighted by Crippen LogP contribution is 2.56. The van der Waals surface area contributed by atoms with Gasteiger partial charge < -0.3 is 0 Å². The molecule has 0 unspecified atom stereocenters. The van der Waals surface area contributed by atoms with Crippen LogP contribution in [0.4, 0.5) is 0 Å². The molecule has 0 aromatic heterocycles. The largest absolute Gasteiger partial charge is 0.0939 e. The Morgan fingerprint density at radius 2 is 1.31 bits per heavy atom. The van der Waals surface area contributed by atoms with Gasteiger partial charge in [-0.3, -0.25) is 0 Å². The number of rotatable bonds is 4. The SMILES string of the molecule is CC[P+](CC)(CC)c1ccccc1. The molecule has 0 N–H and O–H groups in total. The molecule has 0 saturated carbocycles. The standard InChI is InChI=1S/C12H20P/c1-4-13(5-2,6-3)12-10-8-7-9-11-12/h7-11H,4-6H2,1-3H3/q+1. The summed E-state index contributed by atoms with van der Waals surface area (Å²) in [4.78, 5) is 0. The molecule has 13 heavy (non-hydrogen) atoms. The molecule has 0 nitrogen and oxygen atoms in total. The molecule has 0 radical (unpaired) electrons. The van der Waals surface area contributed by atoms with E-state index >= 15 is 0 Å². The Kier molecular flexibility index (Phi) is 3.93. The molecule has 1 aromatic rings. The maximum atomic E-state index is 2.34. The first-order valence-electron chi connectivity index (χ1n) is 5.20. The van der Waals surface area contributed by atoms with Crippen molar-refractivity contribution in [2.75, 3.05) is 18.5 Å². The highest BCUT2D eigenvalue weighted by atomic mass is 31.2. The average Bonchev–Trinajstić information content (AvgIpc) is 2.23. The summed E-state index contributed by atoms with van der Waals surface area (Å²) in [7, 11) is -0.791. The van der Waals surface area contributed by atoms with Gasteiger partial charge in [-0.2, -0.15) is 0 Å². The molecular formula is C12H20P+. The lowest BCUT2D eigenvalue weighted by molar-refractivity contribution is 1.32. The second-order valence-electron chi connectivity index (χ2n) is 3.43. The van der Waals surface area contributed by atoms with Crippen molar-refractivity contribution in [3.8, 4) is 0 Å². The predicted octanol–water partition coefficient (Wildman–Crippen LogP) is 3.39. The van der Waals surface area contributed by atoms with Gasteiger partial charge in [-0.1, -0.05) is 18.2 Å². The van der Waals surface area contributed by atoms with Crippen molar-refractivity contribution in [1.82, 2.24) is 0 Å². The minimum absolute atomic E-state index is 0.791. The summed E-state index contributed by atoms with van der Waals surface area (Å²) in [5.74, 6) is 0. The molecule has 0 aliphatic rings. The average molecular weight is 195 g/mol. The van der Waals surface area contributed by atoms with E-state index in [2.05, 4.69) is 51.1 Å². The van der Waals surface area contributed by atoms with Gasteiger partial charge in [-0.15, -0.1) is 0 Å². The van der Waals surface area contributed by atoms with Crippen molar-refractivity contribution >= 4 is 12.6 Å². The first-order valence-corrected chi connectivity index (χ1v) is 7.55. The van der Waals surface area contributed by atoms with E-state index in [1.165, 1.54) is 18.5 Å². The van der Waals surface area contributed by atoms with Crippen molar-refractivity contribution in [1.29, 1.82) is 0 Å². The monoisotopic (exact) mass is 195 g/mol. The zero-order valence-corrected chi connectivity index (χ0v) is 9.85. The Morgan fingerprint density at radius 3 is 1.69 bits per heavy atom.